The fourth-order valence-corrected chi connectivity index (χ4v) is 4.84. The molecule has 1 amide bonds. The number of rotatable bonds is 6. The van der Waals surface area contributed by atoms with Crippen LogP contribution in [0.4, 0.5) is 17.3 Å². The molecule has 0 aliphatic heterocycles. The average molecular weight is 492 g/mol. The summed E-state index contributed by atoms with van der Waals surface area (Å²) >= 11 is 1.68. The number of nitrogens with zero attached hydrogens (tertiary/aromatic N) is 3. The summed E-state index contributed by atoms with van der Waals surface area (Å²) in [5.41, 5.74) is 7.00. The molecule has 7 heteroatoms. The summed E-state index contributed by atoms with van der Waals surface area (Å²) in [6.45, 7) is 5.94. The summed E-state index contributed by atoms with van der Waals surface area (Å²) in [5.74, 6) is 0.365. The molecule has 0 spiro atoms. The molecule has 0 atom stereocenters. The molecule has 0 saturated carbocycles. The molecule has 2 heterocycles. The predicted molar refractivity (Wildman–Crippen MR) is 147 cm³/mol. The number of aromatic nitrogens is 3. The SMILES string of the molecule is Cc1cc(C)nc(Nc2ccc(C(=O)Nc3ccc(-c4nc(-c5ccccc5)sc4C)cc3)cc2)n1. The zero-order valence-corrected chi connectivity index (χ0v) is 21.1. The van der Waals surface area contributed by atoms with Gasteiger partial charge in [0.1, 0.15) is 5.01 Å². The van der Waals surface area contributed by atoms with Crippen molar-refractivity contribution in [3.63, 3.8) is 0 Å². The summed E-state index contributed by atoms with van der Waals surface area (Å²) in [6.07, 6.45) is 0. The van der Waals surface area contributed by atoms with E-state index in [1.54, 1.807) is 23.5 Å². The lowest BCUT2D eigenvalue weighted by atomic mass is 10.1. The first kappa shape index (κ1) is 23.4. The molecule has 2 N–H and O–H groups in total. The van der Waals surface area contributed by atoms with Gasteiger partial charge in [-0.3, -0.25) is 4.79 Å². The van der Waals surface area contributed by atoms with E-state index in [4.69, 9.17) is 4.98 Å². The number of nitrogens with one attached hydrogen (secondary N) is 2. The Hall–Kier alpha value is -4.36. The Morgan fingerprint density at radius 3 is 2.03 bits per heavy atom. The van der Waals surface area contributed by atoms with E-state index >= 15 is 0 Å². The van der Waals surface area contributed by atoms with Gasteiger partial charge in [-0.2, -0.15) is 0 Å². The van der Waals surface area contributed by atoms with E-state index in [1.807, 2.05) is 74.5 Å². The molecule has 0 unspecified atom stereocenters. The number of aryl methyl sites for hydroxylation is 3. The Bertz CT molecular complexity index is 1490. The van der Waals surface area contributed by atoms with Crippen molar-refractivity contribution < 1.29 is 4.79 Å². The van der Waals surface area contributed by atoms with Gasteiger partial charge in [-0.05, 0) is 63.2 Å². The second kappa shape index (κ2) is 10.1. The van der Waals surface area contributed by atoms with Crippen molar-refractivity contribution in [2.45, 2.75) is 20.8 Å². The second-order valence-corrected chi connectivity index (χ2v) is 9.70. The highest BCUT2D eigenvalue weighted by Crippen LogP contribution is 2.33. The normalized spacial score (nSPS) is 10.8. The van der Waals surface area contributed by atoms with Gasteiger partial charge in [-0.1, -0.05) is 42.5 Å². The summed E-state index contributed by atoms with van der Waals surface area (Å²) in [4.78, 5) is 27.6. The number of carbonyl (C=O) groups is 1. The highest BCUT2D eigenvalue weighted by atomic mass is 32.1. The van der Waals surface area contributed by atoms with Crippen LogP contribution in [0.1, 0.15) is 26.6 Å². The summed E-state index contributed by atoms with van der Waals surface area (Å²) in [5, 5.41) is 7.15. The number of benzene rings is 3. The quantitative estimate of drug-likeness (QED) is 0.263. The second-order valence-electron chi connectivity index (χ2n) is 8.50. The Labute approximate surface area is 214 Å². The zero-order chi connectivity index (χ0) is 25.1. The number of hydrogen-bond acceptors (Lipinski definition) is 6. The number of hydrogen-bond donors (Lipinski definition) is 2. The van der Waals surface area contributed by atoms with Gasteiger partial charge in [0.05, 0.1) is 5.69 Å². The topological polar surface area (TPSA) is 79.8 Å². The van der Waals surface area contributed by atoms with Crippen molar-refractivity contribution in [3.8, 4) is 21.8 Å². The van der Waals surface area contributed by atoms with Crippen molar-refractivity contribution >= 4 is 34.6 Å². The molecule has 0 saturated heterocycles. The van der Waals surface area contributed by atoms with Gasteiger partial charge in [0.15, 0.2) is 0 Å². The summed E-state index contributed by atoms with van der Waals surface area (Å²) in [6, 6.07) is 27.1. The van der Waals surface area contributed by atoms with Gasteiger partial charge >= 0.3 is 0 Å². The maximum Gasteiger partial charge on any atom is 0.255 e. The molecular formula is C29H25N5OS. The van der Waals surface area contributed by atoms with Gasteiger partial charge in [0, 0.05) is 44.3 Å². The minimum Gasteiger partial charge on any atom is -0.324 e. The van der Waals surface area contributed by atoms with Crippen LogP contribution in [0.2, 0.25) is 0 Å². The van der Waals surface area contributed by atoms with Crippen molar-refractivity contribution in [1.82, 2.24) is 15.0 Å². The highest BCUT2D eigenvalue weighted by molar-refractivity contribution is 7.15. The minimum atomic E-state index is -0.173. The van der Waals surface area contributed by atoms with Crippen LogP contribution in [-0.2, 0) is 0 Å². The van der Waals surface area contributed by atoms with E-state index in [0.29, 0.717) is 11.5 Å². The van der Waals surface area contributed by atoms with Gasteiger partial charge in [0.2, 0.25) is 5.95 Å². The lowest BCUT2D eigenvalue weighted by molar-refractivity contribution is 0.102. The van der Waals surface area contributed by atoms with Gasteiger partial charge in [0.25, 0.3) is 5.91 Å². The summed E-state index contributed by atoms with van der Waals surface area (Å²) in [7, 11) is 0. The van der Waals surface area contributed by atoms with Crippen molar-refractivity contribution in [3.05, 3.63) is 107 Å². The van der Waals surface area contributed by atoms with Crippen LogP contribution in [0.25, 0.3) is 21.8 Å². The maximum atomic E-state index is 12.8. The fraction of sp³-hybridized carbons (Fsp3) is 0.103. The molecule has 0 aliphatic rings. The summed E-state index contributed by atoms with van der Waals surface area (Å²) < 4.78 is 0. The number of anilines is 3. The van der Waals surface area contributed by atoms with E-state index in [1.165, 1.54) is 0 Å². The van der Waals surface area contributed by atoms with Crippen LogP contribution in [0.3, 0.4) is 0 Å². The van der Waals surface area contributed by atoms with Crippen molar-refractivity contribution in [2.24, 2.45) is 0 Å². The monoisotopic (exact) mass is 491 g/mol. The molecule has 5 rings (SSSR count). The maximum absolute atomic E-state index is 12.8. The lowest BCUT2D eigenvalue weighted by Gasteiger charge is -2.09. The molecule has 0 fully saturated rings. The Kier molecular flexibility index (Phi) is 6.56. The molecule has 6 nitrogen and oxygen atoms in total. The van der Waals surface area contributed by atoms with Gasteiger partial charge in [-0.15, -0.1) is 11.3 Å². The molecule has 2 aromatic heterocycles. The first-order valence-corrected chi connectivity index (χ1v) is 12.4. The predicted octanol–water partition coefficient (Wildman–Crippen LogP) is 7.19. The Morgan fingerprint density at radius 2 is 1.36 bits per heavy atom. The number of thiazole rings is 1. The third-order valence-electron chi connectivity index (χ3n) is 5.62. The molecule has 36 heavy (non-hydrogen) atoms. The zero-order valence-electron chi connectivity index (χ0n) is 20.2. The molecule has 0 aliphatic carbocycles. The van der Waals surface area contributed by atoms with E-state index in [9.17, 15) is 4.79 Å². The Morgan fingerprint density at radius 1 is 0.722 bits per heavy atom. The van der Waals surface area contributed by atoms with Crippen molar-refractivity contribution in [2.75, 3.05) is 10.6 Å². The fourth-order valence-electron chi connectivity index (χ4n) is 3.90. The van der Waals surface area contributed by atoms with Crippen LogP contribution < -0.4 is 10.6 Å². The first-order chi connectivity index (χ1) is 17.4. The molecule has 178 valence electrons. The molecule has 0 bridgehead atoms. The van der Waals surface area contributed by atoms with Gasteiger partial charge < -0.3 is 10.6 Å². The molecule has 0 radical (unpaired) electrons. The van der Waals surface area contributed by atoms with Crippen LogP contribution in [0, 0.1) is 20.8 Å². The third-order valence-corrected chi connectivity index (χ3v) is 6.64. The van der Waals surface area contributed by atoms with Crippen LogP contribution in [0.5, 0.6) is 0 Å². The standard InChI is InChI=1S/C29H25N5OS/c1-18-17-19(2)31-29(30-18)33-25-15-11-22(12-16-25)27(35)32-24-13-9-21(10-14-24)26-20(3)36-28(34-26)23-7-5-4-6-8-23/h4-17H,1-3H3,(H,32,35)(H,30,31,33). The Balaban J connectivity index is 1.25. The lowest BCUT2D eigenvalue weighted by Crippen LogP contribution is -2.11. The molecular weight excluding hydrogens is 466 g/mol. The van der Waals surface area contributed by atoms with Gasteiger partial charge in [-0.25, -0.2) is 15.0 Å². The van der Waals surface area contributed by atoms with E-state index < -0.39 is 0 Å². The number of amides is 1. The minimum absolute atomic E-state index is 0.173. The molecule has 3 aromatic carbocycles. The first-order valence-electron chi connectivity index (χ1n) is 11.6. The van der Waals surface area contributed by atoms with Crippen LogP contribution in [-0.4, -0.2) is 20.9 Å². The third kappa shape index (κ3) is 5.31. The highest BCUT2D eigenvalue weighted by Gasteiger charge is 2.12. The van der Waals surface area contributed by atoms with Crippen LogP contribution in [0.15, 0.2) is 84.9 Å². The van der Waals surface area contributed by atoms with E-state index in [2.05, 4.69) is 39.7 Å². The van der Waals surface area contributed by atoms with E-state index in [-0.39, 0.29) is 5.91 Å². The average Bonchev–Trinajstić information content (AvgIpc) is 3.26. The molecule has 5 aromatic rings. The van der Waals surface area contributed by atoms with Crippen molar-refractivity contribution in [1.29, 1.82) is 0 Å². The van der Waals surface area contributed by atoms with Crippen LogP contribution >= 0.6 is 11.3 Å². The number of carbonyl (C=O) groups excluding carboxylic acids is 1. The van der Waals surface area contributed by atoms with E-state index in [0.717, 1.165) is 49.5 Å². The largest absolute Gasteiger partial charge is 0.324 e. The smallest absolute Gasteiger partial charge is 0.255 e.